The first-order chi connectivity index (χ1) is 9.13. The molecule has 1 amide bonds. The van der Waals surface area contributed by atoms with Crippen molar-refractivity contribution < 1.29 is 9.72 Å². The summed E-state index contributed by atoms with van der Waals surface area (Å²) in [7, 11) is 0. The van der Waals surface area contributed by atoms with Crippen molar-refractivity contribution >= 4 is 17.3 Å². The van der Waals surface area contributed by atoms with Gasteiger partial charge in [0.2, 0.25) is 5.69 Å². The van der Waals surface area contributed by atoms with Crippen LogP contribution in [0.3, 0.4) is 0 Å². The zero-order valence-corrected chi connectivity index (χ0v) is 10.1. The average molecular weight is 261 g/mol. The van der Waals surface area contributed by atoms with Crippen molar-refractivity contribution in [2.75, 3.05) is 5.32 Å². The molecule has 0 bridgehead atoms. The van der Waals surface area contributed by atoms with E-state index in [1.807, 2.05) is 0 Å². The van der Waals surface area contributed by atoms with Crippen molar-refractivity contribution in [2.24, 2.45) is 0 Å². The number of nitrogens with zero attached hydrogens (tertiary/aromatic N) is 4. The van der Waals surface area contributed by atoms with E-state index < -0.39 is 10.8 Å². The Bertz CT molecular complexity index is 608. The molecule has 0 saturated carbocycles. The van der Waals surface area contributed by atoms with E-state index in [9.17, 15) is 14.9 Å². The highest BCUT2D eigenvalue weighted by Gasteiger charge is 2.26. The summed E-state index contributed by atoms with van der Waals surface area (Å²) in [6.07, 6.45) is 4.10. The average Bonchev–Trinajstić information content (AvgIpc) is 2.83. The van der Waals surface area contributed by atoms with Crippen molar-refractivity contribution in [1.82, 2.24) is 14.8 Å². The summed E-state index contributed by atoms with van der Waals surface area (Å²) in [5.74, 6) is -0.572. The van der Waals surface area contributed by atoms with Crippen LogP contribution in [0.15, 0.2) is 30.7 Å². The number of carbonyl (C=O) groups is 1. The Morgan fingerprint density at radius 1 is 1.47 bits per heavy atom. The first kappa shape index (κ1) is 12.7. The molecule has 0 aliphatic rings. The highest BCUT2D eigenvalue weighted by atomic mass is 16.6. The Morgan fingerprint density at radius 3 is 2.74 bits per heavy atom. The van der Waals surface area contributed by atoms with E-state index in [-0.39, 0.29) is 11.4 Å². The summed E-state index contributed by atoms with van der Waals surface area (Å²) in [6.45, 7) is 2.12. The first-order valence-electron chi connectivity index (χ1n) is 5.55. The number of nitrogens with one attached hydrogen (secondary N) is 1. The molecule has 2 aromatic rings. The molecule has 0 aromatic carbocycles. The molecule has 8 heteroatoms. The zero-order chi connectivity index (χ0) is 13.8. The maximum Gasteiger partial charge on any atom is 0.320 e. The number of amides is 1. The lowest BCUT2D eigenvalue weighted by molar-refractivity contribution is -0.385. The van der Waals surface area contributed by atoms with Crippen LogP contribution in [-0.2, 0) is 6.54 Å². The zero-order valence-electron chi connectivity index (χ0n) is 10.1. The van der Waals surface area contributed by atoms with Crippen LogP contribution >= 0.6 is 0 Å². The molecule has 98 valence electrons. The number of aryl methyl sites for hydroxylation is 1. The Kier molecular flexibility index (Phi) is 3.51. The summed E-state index contributed by atoms with van der Waals surface area (Å²) >= 11 is 0. The van der Waals surface area contributed by atoms with Crippen LogP contribution in [0.5, 0.6) is 0 Å². The third-order valence-corrected chi connectivity index (χ3v) is 2.47. The topological polar surface area (TPSA) is 103 Å². The van der Waals surface area contributed by atoms with Gasteiger partial charge in [-0.3, -0.25) is 24.6 Å². The van der Waals surface area contributed by atoms with Crippen LogP contribution in [0.1, 0.15) is 17.4 Å². The monoisotopic (exact) mass is 261 g/mol. The Hall–Kier alpha value is -2.77. The van der Waals surface area contributed by atoms with E-state index in [0.717, 1.165) is 6.20 Å². The molecule has 0 spiro atoms. The fourth-order valence-electron chi connectivity index (χ4n) is 1.61. The van der Waals surface area contributed by atoms with Gasteiger partial charge in [0.05, 0.1) is 4.92 Å². The summed E-state index contributed by atoms with van der Waals surface area (Å²) in [4.78, 5) is 26.1. The number of pyridine rings is 1. The van der Waals surface area contributed by atoms with Gasteiger partial charge < -0.3 is 5.32 Å². The fraction of sp³-hybridized carbons (Fsp3) is 0.182. The number of hydrogen-bond donors (Lipinski definition) is 1. The highest BCUT2D eigenvalue weighted by molar-refractivity contribution is 6.05. The van der Waals surface area contributed by atoms with E-state index in [2.05, 4.69) is 15.4 Å². The van der Waals surface area contributed by atoms with Gasteiger partial charge in [-0.15, -0.1) is 0 Å². The van der Waals surface area contributed by atoms with Crippen LogP contribution in [0.25, 0.3) is 0 Å². The number of aromatic nitrogens is 3. The summed E-state index contributed by atoms with van der Waals surface area (Å²) in [5.41, 5.74) is 0.135. The minimum Gasteiger partial charge on any atom is -0.320 e. The normalized spacial score (nSPS) is 10.2. The number of hydrogen-bond acceptors (Lipinski definition) is 5. The second kappa shape index (κ2) is 5.25. The summed E-state index contributed by atoms with van der Waals surface area (Å²) < 4.78 is 1.29. The van der Waals surface area contributed by atoms with Crippen molar-refractivity contribution in [1.29, 1.82) is 0 Å². The predicted octanol–water partition coefficient (Wildman–Crippen LogP) is 1.46. The van der Waals surface area contributed by atoms with Gasteiger partial charge in [-0.1, -0.05) is 0 Å². The van der Waals surface area contributed by atoms with Crippen LogP contribution in [0, 0.1) is 10.1 Å². The van der Waals surface area contributed by atoms with Gasteiger partial charge in [0.1, 0.15) is 6.20 Å². The Labute approximate surface area is 108 Å². The molecule has 0 aliphatic heterocycles. The molecule has 0 unspecified atom stereocenters. The molecule has 0 atom stereocenters. The summed E-state index contributed by atoms with van der Waals surface area (Å²) in [5, 5.41) is 17.3. The lowest BCUT2D eigenvalue weighted by Crippen LogP contribution is -2.18. The Morgan fingerprint density at radius 2 is 2.16 bits per heavy atom. The largest absolute Gasteiger partial charge is 0.320 e. The number of rotatable bonds is 4. The molecule has 0 aliphatic carbocycles. The molecular weight excluding hydrogens is 250 g/mol. The third-order valence-electron chi connectivity index (χ3n) is 2.47. The van der Waals surface area contributed by atoms with Crippen LogP contribution in [0.2, 0.25) is 0 Å². The van der Waals surface area contributed by atoms with Gasteiger partial charge in [0, 0.05) is 24.6 Å². The predicted molar refractivity (Wildman–Crippen MR) is 66.7 cm³/mol. The molecule has 0 radical (unpaired) electrons. The van der Waals surface area contributed by atoms with Crippen LogP contribution in [0.4, 0.5) is 11.4 Å². The first-order valence-corrected chi connectivity index (χ1v) is 5.55. The van der Waals surface area contributed by atoms with E-state index in [1.54, 1.807) is 19.1 Å². The van der Waals surface area contributed by atoms with Gasteiger partial charge >= 0.3 is 5.69 Å². The lowest BCUT2D eigenvalue weighted by atomic mass is 10.3. The van der Waals surface area contributed by atoms with Crippen molar-refractivity contribution in [3.8, 4) is 0 Å². The van der Waals surface area contributed by atoms with Crippen molar-refractivity contribution in [3.05, 3.63) is 46.5 Å². The fourth-order valence-corrected chi connectivity index (χ4v) is 1.61. The highest BCUT2D eigenvalue weighted by Crippen LogP contribution is 2.19. The molecular formula is C11H11N5O3. The third kappa shape index (κ3) is 2.57. The standard InChI is InChI=1S/C11H11N5O3/c1-2-15-10(9(7-13-15)16(18)19)11(17)14-8-3-5-12-6-4-8/h3-7H,2H2,1H3,(H,12,14,17). The van der Waals surface area contributed by atoms with E-state index in [1.165, 1.54) is 17.1 Å². The van der Waals surface area contributed by atoms with Gasteiger partial charge in [-0.05, 0) is 19.1 Å². The van der Waals surface area contributed by atoms with Gasteiger partial charge in [0.25, 0.3) is 5.91 Å². The van der Waals surface area contributed by atoms with Gasteiger partial charge in [-0.2, -0.15) is 5.10 Å². The summed E-state index contributed by atoms with van der Waals surface area (Å²) in [6, 6.07) is 3.19. The van der Waals surface area contributed by atoms with E-state index in [0.29, 0.717) is 12.2 Å². The van der Waals surface area contributed by atoms with Gasteiger partial charge in [0.15, 0.2) is 0 Å². The van der Waals surface area contributed by atoms with Crippen molar-refractivity contribution in [2.45, 2.75) is 13.5 Å². The maximum atomic E-state index is 12.1. The molecule has 0 fully saturated rings. The number of anilines is 1. The van der Waals surface area contributed by atoms with Gasteiger partial charge in [-0.25, -0.2) is 0 Å². The molecule has 8 nitrogen and oxygen atoms in total. The Balaban J connectivity index is 2.33. The SMILES string of the molecule is CCn1ncc([N+](=O)[O-])c1C(=O)Nc1ccncc1. The van der Waals surface area contributed by atoms with Crippen LogP contribution in [-0.4, -0.2) is 25.6 Å². The lowest BCUT2D eigenvalue weighted by Gasteiger charge is -2.05. The molecule has 2 rings (SSSR count). The maximum absolute atomic E-state index is 12.1. The quantitative estimate of drug-likeness (QED) is 0.662. The minimum absolute atomic E-state index is 0.0655. The minimum atomic E-state index is -0.624. The smallest absolute Gasteiger partial charge is 0.320 e. The van der Waals surface area contributed by atoms with Crippen molar-refractivity contribution in [3.63, 3.8) is 0 Å². The molecule has 19 heavy (non-hydrogen) atoms. The van der Waals surface area contributed by atoms with Crippen LogP contribution < -0.4 is 5.32 Å². The molecule has 0 saturated heterocycles. The van der Waals surface area contributed by atoms with E-state index in [4.69, 9.17) is 0 Å². The molecule has 1 N–H and O–H groups in total. The second-order valence-corrected chi connectivity index (χ2v) is 3.64. The van der Waals surface area contributed by atoms with E-state index >= 15 is 0 Å². The number of carbonyl (C=O) groups excluding carboxylic acids is 1. The molecule has 2 aromatic heterocycles. The molecule has 2 heterocycles. The number of nitro groups is 1. The second-order valence-electron chi connectivity index (χ2n) is 3.64.